The normalized spacial score (nSPS) is 35.8. The van der Waals surface area contributed by atoms with Gasteiger partial charge in [-0.05, 0) is 79.4 Å². The molecule has 1 aromatic rings. The van der Waals surface area contributed by atoms with Crippen molar-refractivity contribution in [1.29, 1.82) is 0 Å². The Balaban J connectivity index is 1.37. The zero-order valence-electron chi connectivity index (χ0n) is 11.8. The van der Waals surface area contributed by atoms with E-state index in [1.54, 1.807) is 12.1 Å². The SMILES string of the molecule is Fc1ccc(NC(=S)N[C@H]2C[C@H]3C[C@H]2[C@H]2C=CC[C@H]32)cc1. The van der Waals surface area contributed by atoms with Crippen LogP contribution in [0.3, 0.4) is 0 Å². The Morgan fingerprint density at radius 1 is 1.14 bits per heavy atom. The van der Waals surface area contributed by atoms with Crippen molar-refractivity contribution < 1.29 is 4.39 Å². The van der Waals surface area contributed by atoms with Crippen molar-refractivity contribution in [3.63, 3.8) is 0 Å². The minimum absolute atomic E-state index is 0.230. The lowest BCUT2D eigenvalue weighted by Crippen LogP contribution is -2.44. The molecule has 0 radical (unpaired) electrons. The van der Waals surface area contributed by atoms with Gasteiger partial charge in [-0.3, -0.25) is 0 Å². The van der Waals surface area contributed by atoms with Crippen LogP contribution in [0.1, 0.15) is 19.3 Å². The van der Waals surface area contributed by atoms with Gasteiger partial charge in [0.15, 0.2) is 5.11 Å². The van der Waals surface area contributed by atoms with Crippen molar-refractivity contribution in [2.45, 2.75) is 25.3 Å². The minimum atomic E-state index is -0.230. The maximum absolute atomic E-state index is 12.9. The molecule has 2 N–H and O–H groups in total. The topological polar surface area (TPSA) is 24.1 Å². The second kappa shape index (κ2) is 5.09. The van der Waals surface area contributed by atoms with E-state index >= 15 is 0 Å². The number of nitrogens with one attached hydrogen (secondary N) is 2. The van der Waals surface area contributed by atoms with Crippen molar-refractivity contribution in [3.8, 4) is 0 Å². The molecular formula is C17H19FN2S. The summed E-state index contributed by atoms with van der Waals surface area (Å²) in [5.41, 5.74) is 0.829. The molecule has 0 unspecified atom stereocenters. The van der Waals surface area contributed by atoms with Crippen molar-refractivity contribution in [1.82, 2.24) is 5.32 Å². The van der Waals surface area contributed by atoms with Gasteiger partial charge < -0.3 is 10.6 Å². The second-order valence-electron chi connectivity index (χ2n) is 6.51. The van der Waals surface area contributed by atoms with Crippen molar-refractivity contribution in [2.24, 2.45) is 23.7 Å². The number of thiocarbonyl (C=S) groups is 1. The van der Waals surface area contributed by atoms with Crippen LogP contribution in [0.5, 0.6) is 0 Å². The monoisotopic (exact) mass is 302 g/mol. The van der Waals surface area contributed by atoms with Gasteiger partial charge in [0.1, 0.15) is 5.82 Å². The largest absolute Gasteiger partial charge is 0.359 e. The van der Waals surface area contributed by atoms with Gasteiger partial charge in [-0.2, -0.15) is 0 Å². The molecule has 110 valence electrons. The molecular weight excluding hydrogens is 283 g/mol. The molecule has 2 bridgehead atoms. The molecule has 2 saturated carbocycles. The van der Waals surface area contributed by atoms with E-state index in [1.165, 1.54) is 31.4 Å². The zero-order chi connectivity index (χ0) is 14.4. The Bertz CT molecular complexity index is 583. The molecule has 0 heterocycles. The summed E-state index contributed by atoms with van der Waals surface area (Å²) >= 11 is 5.41. The van der Waals surface area contributed by atoms with Gasteiger partial charge in [-0.1, -0.05) is 12.2 Å². The lowest BCUT2D eigenvalue weighted by atomic mass is 9.79. The van der Waals surface area contributed by atoms with Crippen LogP contribution in [0.25, 0.3) is 0 Å². The van der Waals surface area contributed by atoms with E-state index in [0.717, 1.165) is 29.4 Å². The predicted octanol–water partition coefficient (Wildman–Crippen LogP) is 3.71. The van der Waals surface area contributed by atoms with Crippen LogP contribution in [-0.2, 0) is 0 Å². The third-order valence-electron chi connectivity index (χ3n) is 5.43. The highest BCUT2D eigenvalue weighted by Crippen LogP contribution is 2.56. The van der Waals surface area contributed by atoms with Gasteiger partial charge in [-0.15, -0.1) is 0 Å². The van der Waals surface area contributed by atoms with E-state index in [4.69, 9.17) is 12.2 Å². The number of hydrogen-bond acceptors (Lipinski definition) is 1. The lowest BCUT2D eigenvalue weighted by molar-refractivity contribution is 0.246. The first-order valence-electron chi connectivity index (χ1n) is 7.70. The van der Waals surface area contributed by atoms with Crippen LogP contribution in [0.15, 0.2) is 36.4 Å². The van der Waals surface area contributed by atoms with Gasteiger partial charge in [0.2, 0.25) is 0 Å². The highest BCUT2D eigenvalue weighted by atomic mass is 32.1. The Labute approximate surface area is 129 Å². The summed E-state index contributed by atoms with van der Waals surface area (Å²) in [6, 6.07) is 6.78. The molecule has 0 aliphatic heterocycles. The predicted molar refractivity (Wildman–Crippen MR) is 86.5 cm³/mol. The van der Waals surface area contributed by atoms with Gasteiger partial charge in [0.25, 0.3) is 0 Å². The minimum Gasteiger partial charge on any atom is -0.359 e. The molecule has 2 fully saturated rings. The Morgan fingerprint density at radius 2 is 1.95 bits per heavy atom. The molecule has 0 spiro atoms. The van der Waals surface area contributed by atoms with Crippen LogP contribution < -0.4 is 10.6 Å². The van der Waals surface area contributed by atoms with E-state index in [9.17, 15) is 4.39 Å². The number of halogens is 1. The van der Waals surface area contributed by atoms with Gasteiger partial charge in [0, 0.05) is 11.7 Å². The van der Waals surface area contributed by atoms with E-state index < -0.39 is 0 Å². The summed E-state index contributed by atoms with van der Waals surface area (Å²) in [6.45, 7) is 0. The molecule has 3 aliphatic carbocycles. The number of fused-ring (bicyclic) bond motifs is 5. The quantitative estimate of drug-likeness (QED) is 0.643. The fraction of sp³-hybridized carbons (Fsp3) is 0.471. The molecule has 3 aliphatic rings. The van der Waals surface area contributed by atoms with Crippen LogP contribution in [0.2, 0.25) is 0 Å². The summed E-state index contributed by atoms with van der Waals surface area (Å²) in [7, 11) is 0. The van der Waals surface area contributed by atoms with Gasteiger partial charge in [0.05, 0.1) is 0 Å². The van der Waals surface area contributed by atoms with Crippen LogP contribution in [0, 0.1) is 29.5 Å². The molecule has 4 rings (SSSR count). The summed E-state index contributed by atoms with van der Waals surface area (Å²) in [4.78, 5) is 0. The summed E-state index contributed by atoms with van der Waals surface area (Å²) in [5, 5.41) is 7.28. The maximum atomic E-state index is 12.9. The highest BCUT2D eigenvalue weighted by molar-refractivity contribution is 7.80. The van der Waals surface area contributed by atoms with E-state index in [2.05, 4.69) is 22.8 Å². The maximum Gasteiger partial charge on any atom is 0.171 e. The first-order valence-corrected chi connectivity index (χ1v) is 8.11. The molecule has 4 heteroatoms. The molecule has 1 aromatic carbocycles. The Kier molecular flexibility index (Phi) is 3.21. The highest BCUT2D eigenvalue weighted by Gasteiger charge is 2.52. The Morgan fingerprint density at radius 3 is 2.76 bits per heavy atom. The van der Waals surface area contributed by atoms with Gasteiger partial charge in [-0.25, -0.2) is 4.39 Å². The number of rotatable bonds is 2. The summed E-state index contributed by atoms with van der Waals surface area (Å²) < 4.78 is 12.9. The molecule has 21 heavy (non-hydrogen) atoms. The van der Waals surface area contributed by atoms with Crippen molar-refractivity contribution >= 4 is 23.0 Å². The summed E-state index contributed by atoms with van der Waals surface area (Å²) in [6.07, 6.45) is 8.62. The Hall–Kier alpha value is -1.42. The molecule has 0 amide bonds. The third kappa shape index (κ3) is 2.35. The summed E-state index contributed by atoms with van der Waals surface area (Å²) in [5.74, 6) is 3.01. The first kappa shape index (κ1) is 13.3. The van der Waals surface area contributed by atoms with Gasteiger partial charge >= 0.3 is 0 Å². The second-order valence-corrected chi connectivity index (χ2v) is 6.92. The number of benzene rings is 1. The average Bonchev–Trinajstić information content (AvgIpc) is 3.13. The zero-order valence-corrected chi connectivity index (χ0v) is 12.6. The van der Waals surface area contributed by atoms with Crippen molar-refractivity contribution in [3.05, 3.63) is 42.2 Å². The fourth-order valence-electron chi connectivity index (χ4n) is 4.58. The lowest BCUT2D eigenvalue weighted by Gasteiger charge is -2.32. The van der Waals surface area contributed by atoms with E-state index in [-0.39, 0.29) is 5.82 Å². The fourth-order valence-corrected chi connectivity index (χ4v) is 4.85. The number of hydrogen-bond donors (Lipinski definition) is 2. The molecule has 0 aromatic heterocycles. The molecule has 5 atom stereocenters. The van der Waals surface area contributed by atoms with Crippen molar-refractivity contribution in [2.75, 3.05) is 5.32 Å². The van der Waals surface area contributed by atoms with Crippen LogP contribution in [-0.4, -0.2) is 11.2 Å². The van der Waals surface area contributed by atoms with E-state index in [1.807, 2.05) is 0 Å². The molecule has 2 nitrogen and oxygen atoms in total. The van der Waals surface area contributed by atoms with E-state index in [0.29, 0.717) is 11.2 Å². The number of allylic oxidation sites excluding steroid dienone is 2. The third-order valence-corrected chi connectivity index (χ3v) is 5.65. The van der Waals surface area contributed by atoms with Crippen LogP contribution >= 0.6 is 12.2 Å². The number of anilines is 1. The first-order chi connectivity index (χ1) is 10.2. The molecule has 0 saturated heterocycles. The van der Waals surface area contributed by atoms with Crippen LogP contribution in [0.4, 0.5) is 10.1 Å². The average molecular weight is 302 g/mol. The smallest absolute Gasteiger partial charge is 0.171 e. The standard InChI is InChI=1S/C17H19FN2S/c18-11-4-6-12(7-5-11)19-17(21)20-16-9-10-8-15(16)14-3-1-2-13(10)14/h1,3-7,10,13-16H,2,8-9H2,(H2,19,20,21)/t10-,13-,14+,15+,16+/m1/s1.